The zero-order valence-corrected chi connectivity index (χ0v) is 17.5. The molecule has 3 aromatic rings. The Balaban J connectivity index is 1.32. The molecule has 1 aromatic carbocycles. The van der Waals surface area contributed by atoms with Crippen molar-refractivity contribution in [2.45, 2.75) is 19.4 Å². The van der Waals surface area contributed by atoms with E-state index in [1.807, 2.05) is 54.3 Å². The Labute approximate surface area is 178 Å². The smallest absolute Gasteiger partial charge is 0.226 e. The van der Waals surface area contributed by atoms with Crippen LogP contribution in [-0.4, -0.2) is 52.3 Å². The lowest BCUT2D eigenvalue weighted by Gasteiger charge is -2.32. The molecule has 0 aliphatic carbocycles. The van der Waals surface area contributed by atoms with E-state index in [2.05, 4.69) is 20.5 Å². The van der Waals surface area contributed by atoms with Gasteiger partial charge in [-0.25, -0.2) is 4.98 Å². The molecule has 1 N–H and O–H groups in total. The summed E-state index contributed by atoms with van der Waals surface area (Å²) in [6.45, 7) is 3.86. The van der Waals surface area contributed by atoms with Crippen molar-refractivity contribution in [1.29, 1.82) is 0 Å². The first-order valence-corrected chi connectivity index (χ1v) is 10.6. The lowest BCUT2D eigenvalue weighted by molar-refractivity contribution is -0.139. The lowest BCUT2D eigenvalue weighted by atomic mass is 10.1. The van der Waals surface area contributed by atoms with E-state index in [-0.39, 0.29) is 12.0 Å². The fourth-order valence-electron chi connectivity index (χ4n) is 3.22. The zero-order chi connectivity index (χ0) is 20.8. The van der Waals surface area contributed by atoms with Crippen LogP contribution in [0.1, 0.15) is 23.8 Å². The van der Waals surface area contributed by atoms with Crippen molar-refractivity contribution in [3.63, 3.8) is 0 Å². The summed E-state index contributed by atoms with van der Waals surface area (Å²) in [6.07, 6.45) is 0.0591. The zero-order valence-electron chi connectivity index (χ0n) is 16.7. The predicted octanol–water partition coefficient (Wildman–Crippen LogP) is 3.35. The second-order valence-corrected chi connectivity index (χ2v) is 7.71. The van der Waals surface area contributed by atoms with E-state index in [0.717, 1.165) is 17.0 Å². The minimum absolute atomic E-state index is 0.0556. The number of morpholine rings is 1. The monoisotopic (exact) mass is 425 g/mol. The summed E-state index contributed by atoms with van der Waals surface area (Å²) in [5.41, 5.74) is 3.49. The fourth-order valence-corrected chi connectivity index (χ4v) is 3.67. The van der Waals surface area contributed by atoms with Gasteiger partial charge in [0, 0.05) is 6.54 Å². The highest BCUT2D eigenvalue weighted by Gasteiger charge is 2.26. The van der Waals surface area contributed by atoms with Crippen LogP contribution in [0.5, 0.6) is 5.75 Å². The van der Waals surface area contributed by atoms with Gasteiger partial charge in [-0.2, -0.15) is 0 Å². The lowest BCUT2D eigenvalue weighted by Crippen LogP contribution is -2.42. The van der Waals surface area contributed by atoms with Crippen LogP contribution >= 0.6 is 11.3 Å². The number of nitrogens with zero attached hydrogens (tertiary/aromatic N) is 4. The van der Waals surface area contributed by atoms with E-state index in [1.54, 1.807) is 5.51 Å². The van der Waals surface area contributed by atoms with Gasteiger partial charge in [0.2, 0.25) is 11.0 Å². The van der Waals surface area contributed by atoms with Gasteiger partial charge < -0.3 is 19.7 Å². The topological polar surface area (TPSA) is 89.5 Å². The van der Waals surface area contributed by atoms with Gasteiger partial charge in [0.1, 0.15) is 23.2 Å². The van der Waals surface area contributed by atoms with E-state index in [1.165, 1.54) is 11.3 Å². The average molecular weight is 426 g/mol. The molecule has 8 nitrogen and oxygen atoms in total. The van der Waals surface area contributed by atoms with Crippen molar-refractivity contribution in [2.75, 3.05) is 31.6 Å². The molecule has 1 amide bonds. The predicted molar refractivity (Wildman–Crippen MR) is 114 cm³/mol. The van der Waals surface area contributed by atoms with E-state index in [4.69, 9.17) is 9.47 Å². The molecule has 0 saturated carbocycles. The standard InChI is InChI=1S/C21H23N5O3S/c1-15-5-2-3-7-17(15)28-11-9-20(27)26-10-12-29-18(13-26)16-6-4-8-19(23-16)24-21-25-22-14-30-21/h2-8,14,18H,9-13H2,1H3,(H,23,24,25). The highest BCUT2D eigenvalue weighted by molar-refractivity contribution is 7.13. The third kappa shape index (κ3) is 5.11. The number of benzene rings is 1. The van der Waals surface area contributed by atoms with Crippen LogP contribution in [-0.2, 0) is 9.53 Å². The van der Waals surface area contributed by atoms with Crippen LogP contribution in [0, 0.1) is 6.92 Å². The van der Waals surface area contributed by atoms with Crippen LogP contribution in [0.15, 0.2) is 48.0 Å². The molecule has 0 radical (unpaired) electrons. The normalized spacial score (nSPS) is 16.3. The van der Waals surface area contributed by atoms with Gasteiger partial charge >= 0.3 is 0 Å². The molecule has 1 aliphatic heterocycles. The van der Waals surface area contributed by atoms with Gasteiger partial charge in [-0.1, -0.05) is 35.6 Å². The number of hydrogen-bond donors (Lipinski definition) is 1. The number of carbonyl (C=O) groups is 1. The van der Waals surface area contributed by atoms with Crippen LogP contribution < -0.4 is 10.1 Å². The fraction of sp³-hybridized carbons (Fsp3) is 0.333. The number of anilines is 2. The third-order valence-corrected chi connectivity index (χ3v) is 5.39. The van der Waals surface area contributed by atoms with Crippen molar-refractivity contribution < 1.29 is 14.3 Å². The number of aromatic nitrogens is 3. The van der Waals surface area contributed by atoms with Crippen molar-refractivity contribution in [3.05, 3.63) is 59.2 Å². The van der Waals surface area contributed by atoms with Crippen molar-refractivity contribution in [1.82, 2.24) is 20.1 Å². The van der Waals surface area contributed by atoms with Gasteiger partial charge in [0.25, 0.3) is 0 Å². The highest BCUT2D eigenvalue weighted by atomic mass is 32.1. The molecular formula is C21H23N5O3S. The maximum absolute atomic E-state index is 12.7. The Morgan fingerprint density at radius 3 is 3.03 bits per heavy atom. The maximum Gasteiger partial charge on any atom is 0.226 e. The van der Waals surface area contributed by atoms with E-state index in [0.29, 0.717) is 43.7 Å². The first-order chi connectivity index (χ1) is 14.7. The number of hydrogen-bond acceptors (Lipinski definition) is 8. The van der Waals surface area contributed by atoms with Gasteiger partial charge in [0.05, 0.1) is 31.9 Å². The Kier molecular flexibility index (Phi) is 6.50. The minimum atomic E-state index is -0.267. The number of carbonyl (C=O) groups excluding carboxylic acids is 1. The van der Waals surface area contributed by atoms with Crippen LogP contribution in [0.25, 0.3) is 0 Å². The molecule has 1 fully saturated rings. The molecular weight excluding hydrogens is 402 g/mol. The first kappa shape index (κ1) is 20.2. The summed E-state index contributed by atoms with van der Waals surface area (Å²) in [4.78, 5) is 19.1. The number of amides is 1. The van der Waals surface area contributed by atoms with Crippen molar-refractivity contribution >= 4 is 28.2 Å². The van der Waals surface area contributed by atoms with Crippen molar-refractivity contribution in [2.24, 2.45) is 0 Å². The molecule has 9 heteroatoms. The summed E-state index contributed by atoms with van der Waals surface area (Å²) in [5.74, 6) is 1.54. The highest BCUT2D eigenvalue weighted by Crippen LogP contribution is 2.24. The summed E-state index contributed by atoms with van der Waals surface area (Å²) in [6, 6.07) is 13.5. The molecule has 0 bridgehead atoms. The van der Waals surface area contributed by atoms with Gasteiger partial charge in [-0.05, 0) is 30.7 Å². The molecule has 3 heterocycles. The Morgan fingerprint density at radius 1 is 1.30 bits per heavy atom. The van der Waals surface area contributed by atoms with Crippen molar-refractivity contribution in [3.8, 4) is 5.75 Å². The summed E-state index contributed by atoms with van der Waals surface area (Å²) in [7, 11) is 0. The summed E-state index contributed by atoms with van der Waals surface area (Å²) in [5, 5.41) is 11.6. The molecule has 1 atom stereocenters. The molecule has 1 saturated heterocycles. The first-order valence-electron chi connectivity index (χ1n) is 9.77. The maximum atomic E-state index is 12.7. The molecule has 2 aromatic heterocycles. The number of nitrogens with one attached hydrogen (secondary N) is 1. The number of para-hydroxylation sites is 1. The van der Waals surface area contributed by atoms with Crippen LogP contribution in [0.2, 0.25) is 0 Å². The average Bonchev–Trinajstić information content (AvgIpc) is 3.28. The third-order valence-electron chi connectivity index (χ3n) is 4.78. The van der Waals surface area contributed by atoms with Crippen LogP contribution in [0.3, 0.4) is 0 Å². The van der Waals surface area contributed by atoms with Gasteiger partial charge in [-0.3, -0.25) is 4.79 Å². The Morgan fingerprint density at radius 2 is 2.20 bits per heavy atom. The molecule has 30 heavy (non-hydrogen) atoms. The molecule has 156 valence electrons. The number of pyridine rings is 1. The van der Waals surface area contributed by atoms with Gasteiger partial charge in [0.15, 0.2) is 0 Å². The molecule has 0 spiro atoms. The quantitative estimate of drug-likeness (QED) is 0.621. The van der Waals surface area contributed by atoms with Gasteiger partial charge in [-0.15, -0.1) is 10.2 Å². The summed E-state index contributed by atoms with van der Waals surface area (Å²) >= 11 is 1.40. The molecule has 1 aliphatic rings. The second kappa shape index (κ2) is 9.64. The summed E-state index contributed by atoms with van der Waals surface area (Å²) < 4.78 is 11.6. The van der Waals surface area contributed by atoms with E-state index in [9.17, 15) is 4.79 Å². The second-order valence-electron chi connectivity index (χ2n) is 6.88. The number of rotatable bonds is 7. The molecule has 4 rings (SSSR count). The minimum Gasteiger partial charge on any atom is -0.493 e. The largest absolute Gasteiger partial charge is 0.493 e. The van der Waals surface area contributed by atoms with E-state index >= 15 is 0 Å². The number of ether oxygens (including phenoxy) is 2. The Bertz CT molecular complexity index is 982. The molecule has 1 unspecified atom stereocenters. The Hall–Kier alpha value is -3.04. The number of aryl methyl sites for hydroxylation is 1. The van der Waals surface area contributed by atoms with Crippen LogP contribution in [0.4, 0.5) is 10.9 Å². The van der Waals surface area contributed by atoms with E-state index < -0.39 is 0 Å². The SMILES string of the molecule is Cc1ccccc1OCCC(=O)N1CCOC(c2cccc(Nc3nncs3)n2)C1.